The Morgan fingerprint density at radius 3 is 2.56 bits per heavy atom. The molecule has 2 N–H and O–H groups in total. The summed E-state index contributed by atoms with van der Waals surface area (Å²) in [6.07, 6.45) is 2.01. The summed E-state index contributed by atoms with van der Waals surface area (Å²) in [7, 11) is 1.86. The number of carbonyl (C=O) groups excluding carboxylic acids is 1. The largest absolute Gasteiger partial charge is 0.345 e. The predicted molar refractivity (Wildman–Crippen MR) is 72.7 cm³/mol. The lowest BCUT2D eigenvalue weighted by Crippen LogP contribution is -2.35. The lowest BCUT2D eigenvalue weighted by molar-refractivity contribution is -0.127. The highest BCUT2D eigenvalue weighted by Gasteiger charge is 2.12. The van der Waals surface area contributed by atoms with Crippen LogP contribution in [0.3, 0.4) is 0 Å². The molecule has 0 saturated carbocycles. The van der Waals surface area contributed by atoms with E-state index in [1.165, 1.54) is 0 Å². The molecule has 0 spiro atoms. The third-order valence-electron chi connectivity index (χ3n) is 2.65. The molecule has 1 unspecified atom stereocenters. The minimum absolute atomic E-state index is 0.193. The zero-order chi connectivity index (χ0) is 12.6. The van der Waals surface area contributed by atoms with Gasteiger partial charge in [-0.05, 0) is 24.5 Å². The molecule has 0 aromatic heterocycles. The molecule has 0 bridgehead atoms. The molecular weight excluding hydrogens is 220 g/mol. The van der Waals surface area contributed by atoms with Crippen molar-refractivity contribution in [1.29, 1.82) is 0 Å². The maximum absolute atomic E-state index is 11.7. The van der Waals surface area contributed by atoms with Crippen LogP contribution in [-0.2, 0) is 4.79 Å². The number of thioether (sulfide) groups is 1. The second-order valence-corrected chi connectivity index (χ2v) is 5.67. The van der Waals surface area contributed by atoms with Crippen LogP contribution in [0.1, 0.15) is 33.6 Å². The third-order valence-corrected chi connectivity index (χ3v) is 3.80. The highest BCUT2D eigenvalue weighted by atomic mass is 32.2. The number of hydrogen-bond donors (Lipinski definition) is 1. The fraction of sp³-hybridized carbons (Fsp3) is 0.917. The SMILES string of the molecule is CCCSCC(=O)N(C)CCC(N)C(C)C. The standard InChI is InChI=1S/C12H26N2OS/c1-5-8-16-9-12(15)14(4)7-6-11(13)10(2)3/h10-11H,5-9,13H2,1-4H3. The zero-order valence-electron chi connectivity index (χ0n) is 11.0. The van der Waals surface area contributed by atoms with Crippen molar-refractivity contribution < 1.29 is 4.79 Å². The Bertz CT molecular complexity index is 197. The van der Waals surface area contributed by atoms with Crippen molar-refractivity contribution in [2.24, 2.45) is 11.7 Å². The van der Waals surface area contributed by atoms with E-state index >= 15 is 0 Å². The quantitative estimate of drug-likeness (QED) is 0.666. The van der Waals surface area contributed by atoms with Gasteiger partial charge in [0.25, 0.3) is 0 Å². The van der Waals surface area contributed by atoms with E-state index in [9.17, 15) is 4.79 Å². The molecule has 1 atom stereocenters. The molecule has 0 aliphatic heterocycles. The van der Waals surface area contributed by atoms with Gasteiger partial charge in [0.05, 0.1) is 5.75 Å². The van der Waals surface area contributed by atoms with E-state index in [1.807, 2.05) is 7.05 Å². The number of nitrogens with two attached hydrogens (primary N) is 1. The van der Waals surface area contributed by atoms with Crippen LogP contribution in [0, 0.1) is 5.92 Å². The van der Waals surface area contributed by atoms with Crippen LogP contribution in [0.4, 0.5) is 0 Å². The molecule has 0 aliphatic carbocycles. The first-order chi connectivity index (χ1) is 7.49. The van der Waals surface area contributed by atoms with Crippen LogP contribution in [0.15, 0.2) is 0 Å². The van der Waals surface area contributed by atoms with Crippen LogP contribution in [0.2, 0.25) is 0 Å². The van der Waals surface area contributed by atoms with Crippen LogP contribution in [0.5, 0.6) is 0 Å². The third kappa shape index (κ3) is 7.12. The summed E-state index contributed by atoms with van der Waals surface area (Å²) in [6, 6.07) is 0.193. The van der Waals surface area contributed by atoms with Crippen molar-refractivity contribution in [3.05, 3.63) is 0 Å². The van der Waals surface area contributed by atoms with Crippen molar-refractivity contribution in [2.45, 2.75) is 39.7 Å². The number of hydrogen-bond acceptors (Lipinski definition) is 3. The molecule has 0 saturated heterocycles. The van der Waals surface area contributed by atoms with Gasteiger partial charge in [-0.3, -0.25) is 4.79 Å². The van der Waals surface area contributed by atoms with E-state index in [1.54, 1.807) is 16.7 Å². The molecule has 0 heterocycles. The summed E-state index contributed by atoms with van der Waals surface area (Å²) in [5.41, 5.74) is 5.94. The van der Waals surface area contributed by atoms with E-state index in [-0.39, 0.29) is 11.9 Å². The van der Waals surface area contributed by atoms with E-state index in [0.29, 0.717) is 11.7 Å². The lowest BCUT2D eigenvalue weighted by atomic mass is 10.0. The van der Waals surface area contributed by atoms with Crippen molar-refractivity contribution in [1.82, 2.24) is 4.90 Å². The summed E-state index contributed by atoms with van der Waals surface area (Å²) in [5.74, 6) is 2.36. The summed E-state index contributed by atoms with van der Waals surface area (Å²) >= 11 is 1.71. The molecule has 3 nitrogen and oxygen atoms in total. The molecule has 0 radical (unpaired) electrons. The fourth-order valence-corrected chi connectivity index (χ4v) is 2.04. The van der Waals surface area contributed by atoms with E-state index < -0.39 is 0 Å². The highest BCUT2D eigenvalue weighted by Crippen LogP contribution is 2.06. The molecule has 96 valence electrons. The summed E-state index contributed by atoms with van der Waals surface area (Å²) in [4.78, 5) is 13.5. The lowest BCUT2D eigenvalue weighted by Gasteiger charge is -2.21. The zero-order valence-corrected chi connectivity index (χ0v) is 11.8. The summed E-state index contributed by atoms with van der Waals surface area (Å²) < 4.78 is 0. The van der Waals surface area contributed by atoms with Gasteiger partial charge in [-0.25, -0.2) is 0 Å². The average molecular weight is 246 g/mol. The van der Waals surface area contributed by atoms with Crippen LogP contribution >= 0.6 is 11.8 Å². The number of rotatable bonds is 8. The molecule has 16 heavy (non-hydrogen) atoms. The van der Waals surface area contributed by atoms with Gasteiger partial charge in [-0.2, -0.15) is 11.8 Å². The second kappa shape index (κ2) is 8.88. The van der Waals surface area contributed by atoms with Crippen LogP contribution < -0.4 is 5.73 Å². The normalized spacial score (nSPS) is 12.9. The van der Waals surface area contributed by atoms with Crippen molar-refractivity contribution in [3.8, 4) is 0 Å². The smallest absolute Gasteiger partial charge is 0.232 e. The average Bonchev–Trinajstić information content (AvgIpc) is 2.25. The number of amides is 1. The Balaban J connectivity index is 3.70. The second-order valence-electron chi connectivity index (χ2n) is 4.56. The molecular formula is C12H26N2OS. The van der Waals surface area contributed by atoms with E-state index in [0.717, 1.165) is 25.1 Å². The minimum atomic E-state index is 0.193. The van der Waals surface area contributed by atoms with Gasteiger partial charge in [0, 0.05) is 19.6 Å². The number of carbonyl (C=O) groups is 1. The molecule has 4 heteroatoms. The topological polar surface area (TPSA) is 46.3 Å². The molecule has 0 aromatic rings. The van der Waals surface area contributed by atoms with Crippen molar-refractivity contribution in [3.63, 3.8) is 0 Å². The Morgan fingerprint density at radius 2 is 2.06 bits per heavy atom. The monoisotopic (exact) mass is 246 g/mol. The maximum atomic E-state index is 11.7. The van der Waals surface area contributed by atoms with Crippen LogP contribution in [0.25, 0.3) is 0 Å². The predicted octanol–water partition coefficient (Wildman–Crippen LogP) is 1.96. The Hall–Kier alpha value is -0.220. The molecule has 0 fully saturated rings. The highest BCUT2D eigenvalue weighted by molar-refractivity contribution is 7.99. The molecule has 1 amide bonds. The van der Waals surface area contributed by atoms with Crippen LogP contribution in [-0.4, -0.2) is 41.9 Å². The van der Waals surface area contributed by atoms with Gasteiger partial charge in [0.1, 0.15) is 0 Å². The van der Waals surface area contributed by atoms with E-state index in [4.69, 9.17) is 5.73 Å². The minimum Gasteiger partial charge on any atom is -0.345 e. The molecule has 0 rings (SSSR count). The van der Waals surface area contributed by atoms with Gasteiger partial charge in [-0.15, -0.1) is 0 Å². The van der Waals surface area contributed by atoms with Gasteiger partial charge < -0.3 is 10.6 Å². The first kappa shape index (κ1) is 15.8. The Labute approximate surface area is 104 Å². The van der Waals surface area contributed by atoms with Gasteiger partial charge in [-0.1, -0.05) is 20.8 Å². The first-order valence-electron chi connectivity index (χ1n) is 6.06. The van der Waals surface area contributed by atoms with Gasteiger partial charge in [0.2, 0.25) is 5.91 Å². The first-order valence-corrected chi connectivity index (χ1v) is 7.21. The Morgan fingerprint density at radius 1 is 1.44 bits per heavy atom. The van der Waals surface area contributed by atoms with E-state index in [2.05, 4.69) is 20.8 Å². The fourth-order valence-electron chi connectivity index (χ4n) is 1.21. The molecule has 0 aliphatic rings. The van der Waals surface area contributed by atoms with Crippen molar-refractivity contribution in [2.75, 3.05) is 25.1 Å². The maximum Gasteiger partial charge on any atom is 0.232 e. The van der Waals surface area contributed by atoms with Gasteiger partial charge >= 0.3 is 0 Å². The summed E-state index contributed by atoms with van der Waals surface area (Å²) in [6.45, 7) is 7.13. The summed E-state index contributed by atoms with van der Waals surface area (Å²) in [5, 5.41) is 0. The number of nitrogens with zero attached hydrogens (tertiary/aromatic N) is 1. The van der Waals surface area contributed by atoms with Crippen molar-refractivity contribution >= 4 is 17.7 Å². The molecule has 0 aromatic carbocycles. The van der Waals surface area contributed by atoms with Gasteiger partial charge in [0.15, 0.2) is 0 Å². The Kier molecular flexibility index (Phi) is 8.76.